The predicted octanol–water partition coefficient (Wildman–Crippen LogP) is 4.39. The highest BCUT2D eigenvalue weighted by molar-refractivity contribution is 5.56. The summed E-state index contributed by atoms with van der Waals surface area (Å²) in [5.74, 6) is 0. The van der Waals surface area contributed by atoms with Crippen LogP contribution in [0.5, 0.6) is 0 Å². The molecule has 0 aliphatic heterocycles. The number of benzene rings is 1. The van der Waals surface area contributed by atoms with E-state index in [1.165, 1.54) is 6.39 Å². The number of rotatable bonds is 1. The Labute approximate surface area is 92.0 Å². The highest BCUT2D eigenvalue weighted by atomic mass is 16.3. The molecule has 0 bridgehead atoms. The minimum atomic E-state index is 0.880. The maximum Gasteiger partial charge on any atom is 0.181 e. The normalized spacial score (nSPS) is 8.00. The summed E-state index contributed by atoms with van der Waals surface area (Å²) in [6.07, 6.45) is 3.07. The SMILES string of the molecule is CC.CC.c1ccc(-c2cocn2)cc1. The van der Waals surface area contributed by atoms with E-state index in [0.29, 0.717) is 0 Å². The van der Waals surface area contributed by atoms with Crippen LogP contribution in [0.4, 0.5) is 0 Å². The van der Waals surface area contributed by atoms with Gasteiger partial charge in [-0.2, -0.15) is 0 Å². The van der Waals surface area contributed by atoms with E-state index in [0.717, 1.165) is 11.3 Å². The molecule has 1 heterocycles. The van der Waals surface area contributed by atoms with E-state index < -0.39 is 0 Å². The van der Waals surface area contributed by atoms with E-state index in [2.05, 4.69) is 4.98 Å². The molecule has 0 spiro atoms. The Morgan fingerprint density at radius 1 is 0.933 bits per heavy atom. The summed E-state index contributed by atoms with van der Waals surface area (Å²) in [6.45, 7) is 8.00. The Bertz CT molecular complexity index is 314. The summed E-state index contributed by atoms with van der Waals surface area (Å²) in [6, 6.07) is 9.92. The van der Waals surface area contributed by atoms with E-state index >= 15 is 0 Å². The van der Waals surface area contributed by atoms with Crippen LogP contribution in [0.3, 0.4) is 0 Å². The molecule has 0 atom stereocenters. The Morgan fingerprint density at radius 2 is 1.53 bits per heavy atom. The summed E-state index contributed by atoms with van der Waals surface area (Å²) in [5, 5.41) is 0. The van der Waals surface area contributed by atoms with Gasteiger partial charge in [0.1, 0.15) is 12.0 Å². The van der Waals surface area contributed by atoms with Crippen LogP contribution in [0.2, 0.25) is 0 Å². The van der Waals surface area contributed by atoms with Gasteiger partial charge in [-0.3, -0.25) is 0 Å². The van der Waals surface area contributed by atoms with Crippen LogP contribution in [0.15, 0.2) is 47.4 Å². The van der Waals surface area contributed by atoms with Gasteiger partial charge in [0.2, 0.25) is 0 Å². The molecule has 0 saturated heterocycles. The molecule has 1 aromatic heterocycles. The minimum Gasteiger partial charge on any atom is -0.451 e. The minimum absolute atomic E-state index is 0.880. The van der Waals surface area contributed by atoms with Crippen LogP contribution in [-0.2, 0) is 0 Å². The zero-order valence-electron chi connectivity index (χ0n) is 9.90. The average Bonchev–Trinajstić information content (AvgIpc) is 2.89. The molecule has 1 aromatic carbocycles. The average molecular weight is 205 g/mol. The topological polar surface area (TPSA) is 26.0 Å². The van der Waals surface area contributed by atoms with E-state index in [1.54, 1.807) is 6.26 Å². The molecule has 0 fully saturated rings. The number of hydrogen-bond acceptors (Lipinski definition) is 2. The molecule has 0 saturated carbocycles. The van der Waals surface area contributed by atoms with Crippen molar-refractivity contribution in [2.45, 2.75) is 27.7 Å². The van der Waals surface area contributed by atoms with Gasteiger partial charge in [0.15, 0.2) is 6.39 Å². The van der Waals surface area contributed by atoms with Crippen LogP contribution in [0, 0.1) is 0 Å². The molecule has 15 heavy (non-hydrogen) atoms. The number of hydrogen-bond donors (Lipinski definition) is 0. The molecule has 82 valence electrons. The quantitative estimate of drug-likeness (QED) is 0.690. The van der Waals surface area contributed by atoms with Crippen molar-refractivity contribution < 1.29 is 4.42 Å². The van der Waals surface area contributed by atoms with Crippen molar-refractivity contribution in [2.75, 3.05) is 0 Å². The first-order valence-electron chi connectivity index (χ1n) is 5.40. The molecule has 2 rings (SSSR count). The number of oxazole rings is 1. The third-order valence-corrected chi connectivity index (χ3v) is 1.50. The summed E-state index contributed by atoms with van der Waals surface area (Å²) in [5.41, 5.74) is 1.96. The van der Waals surface area contributed by atoms with Crippen molar-refractivity contribution in [3.05, 3.63) is 43.0 Å². The second kappa shape index (κ2) is 9.00. The van der Waals surface area contributed by atoms with Crippen LogP contribution >= 0.6 is 0 Å². The summed E-state index contributed by atoms with van der Waals surface area (Å²) in [7, 11) is 0. The van der Waals surface area contributed by atoms with Gasteiger partial charge in [0.25, 0.3) is 0 Å². The maximum atomic E-state index is 4.86. The maximum absolute atomic E-state index is 4.86. The van der Waals surface area contributed by atoms with Crippen molar-refractivity contribution in [1.29, 1.82) is 0 Å². The van der Waals surface area contributed by atoms with E-state index in [1.807, 2.05) is 58.0 Å². The lowest BCUT2D eigenvalue weighted by atomic mass is 10.2. The second-order valence-electron chi connectivity index (χ2n) is 2.24. The van der Waals surface area contributed by atoms with E-state index in [4.69, 9.17) is 4.42 Å². The van der Waals surface area contributed by atoms with Gasteiger partial charge < -0.3 is 4.42 Å². The molecule has 0 unspecified atom stereocenters. The smallest absolute Gasteiger partial charge is 0.181 e. The molecule has 0 amide bonds. The Morgan fingerprint density at radius 3 is 2.00 bits per heavy atom. The van der Waals surface area contributed by atoms with Crippen molar-refractivity contribution >= 4 is 0 Å². The lowest BCUT2D eigenvalue weighted by Crippen LogP contribution is -1.73. The zero-order chi connectivity index (χ0) is 11.5. The fourth-order valence-electron chi connectivity index (χ4n) is 0.964. The number of aromatic nitrogens is 1. The first-order valence-corrected chi connectivity index (χ1v) is 5.40. The molecule has 0 aliphatic carbocycles. The fourth-order valence-corrected chi connectivity index (χ4v) is 0.964. The lowest BCUT2D eigenvalue weighted by Gasteiger charge is -1.91. The van der Waals surface area contributed by atoms with Gasteiger partial charge in [-0.1, -0.05) is 58.0 Å². The van der Waals surface area contributed by atoms with Crippen molar-refractivity contribution in [3.8, 4) is 11.3 Å². The molecule has 2 nitrogen and oxygen atoms in total. The Balaban J connectivity index is 0.000000442. The van der Waals surface area contributed by atoms with Gasteiger partial charge >= 0.3 is 0 Å². The van der Waals surface area contributed by atoms with E-state index in [9.17, 15) is 0 Å². The summed E-state index contributed by atoms with van der Waals surface area (Å²) in [4.78, 5) is 4.02. The fraction of sp³-hybridized carbons (Fsp3) is 0.308. The molecule has 2 heteroatoms. The first-order chi connectivity index (χ1) is 7.47. The molecule has 0 radical (unpaired) electrons. The van der Waals surface area contributed by atoms with Crippen LogP contribution < -0.4 is 0 Å². The summed E-state index contributed by atoms with van der Waals surface area (Å²) >= 11 is 0. The molecule has 0 aliphatic rings. The molecule has 2 aromatic rings. The Kier molecular flexibility index (Phi) is 8.06. The molecular weight excluding hydrogens is 186 g/mol. The zero-order valence-corrected chi connectivity index (χ0v) is 9.90. The highest BCUT2D eigenvalue weighted by Crippen LogP contribution is 2.14. The highest BCUT2D eigenvalue weighted by Gasteiger charge is 1.96. The third-order valence-electron chi connectivity index (χ3n) is 1.50. The van der Waals surface area contributed by atoms with E-state index in [-0.39, 0.29) is 0 Å². The second-order valence-corrected chi connectivity index (χ2v) is 2.24. The molecular formula is C13H19NO. The van der Waals surface area contributed by atoms with Crippen molar-refractivity contribution in [1.82, 2.24) is 4.98 Å². The van der Waals surface area contributed by atoms with Gasteiger partial charge in [-0.15, -0.1) is 0 Å². The Hall–Kier alpha value is -1.57. The van der Waals surface area contributed by atoms with Gasteiger partial charge in [0.05, 0.1) is 0 Å². The molecule has 0 N–H and O–H groups in total. The van der Waals surface area contributed by atoms with Crippen molar-refractivity contribution in [3.63, 3.8) is 0 Å². The van der Waals surface area contributed by atoms with Gasteiger partial charge in [-0.05, 0) is 0 Å². The number of nitrogens with zero attached hydrogens (tertiary/aromatic N) is 1. The van der Waals surface area contributed by atoms with Crippen molar-refractivity contribution in [2.24, 2.45) is 0 Å². The largest absolute Gasteiger partial charge is 0.451 e. The summed E-state index contributed by atoms with van der Waals surface area (Å²) < 4.78 is 4.86. The monoisotopic (exact) mass is 205 g/mol. The van der Waals surface area contributed by atoms with Crippen LogP contribution in [0.25, 0.3) is 11.3 Å². The van der Waals surface area contributed by atoms with Crippen LogP contribution in [0.1, 0.15) is 27.7 Å². The standard InChI is InChI=1S/C9H7NO.2C2H6/c1-2-4-8(5-3-1)9-6-11-7-10-9;2*1-2/h1-7H;2*1-2H3. The van der Waals surface area contributed by atoms with Crippen LogP contribution in [-0.4, -0.2) is 4.98 Å². The third kappa shape index (κ3) is 4.45. The van der Waals surface area contributed by atoms with Gasteiger partial charge in [-0.25, -0.2) is 4.98 Å². The van der Waals surface area contributed by atoms with Gasteiger partial charge in [0, 0.05) is 5.56 Å². The first kappa shape index (κ1) is 13.4. The predicted molar refractivity (Wildman–Crippen MR) is 64.6 cm³/mol. The lowest BCUT2D eigenvalue weighted by molar-refractivity contribution is 0.558.